The normalized spacial score (nSPS) is 9.94. The molecule has 3 N–H and O–H groups in total. The number of nitrogens with one attached hydrogen (secondary N) is 1. The van der Waals surface area contributed by atoms with Crippen LogP contribution in [0.15, 0.2) is 53.0 Å². The number of nitrogens with two attached hydrogens (primary N) is 1. The van der Waals surface area contributed by atoms with Gasteiger partial charge in [0, 0.05) is 4.47 Å². The molecule has 2 rings (SSSR count). The summed E-state index contributed by atoms with van der Waals surface area (Å²) in [6.45, 7) is 0. The third-order valence-corrected chi connectivity index (χ3v) is 2.69. The summed E-state index contributed by atoms with van der Waals surface area (Å²) in [5, 5.41) is 7.47. The van der Waals surface area contributed by atoms with Crippen molar-refractivity contribution in [3.63, 3.8) is 0 Å². The third-order valence-electron chi connectivity index (χ3n) is 2.20. The van der Waals surface area contributed by atoms with Gasteiger partial charge in [0.1, 0.15) is 17.3 Å². The van der Waals surface area contributed by atoms with Crippen molar-refractivity contribution in [3.8, 4) is 11.5 Å². The van der Waals surface area contributed by atoms with E-state index in [4.69, 9.17) is 15.9 Å². The number of benzene rings is 2. The zero-order valence-corrected chi connectivity index (χ0v) is 10.6. The monoisotopic (exact) mass is 290 g/mol. The Bertz CT molecular complexity index is 555. The average molecular weight is 291 g/mol. The lowest BCUT2D eigenvalue weighted by atomic mass is 10.2. The van der Waals surface area contributed by atoms with Crippen LogP contribution in [-0.4, -0.2) is 5.84 Å². The first-order valence-corrected chi connectivity index (χ1v) is 5.83. The molecule has 4 heteroatoms. The van der Waals surface area contributed by atoms with E-state index < -0.39 is 0 Å². The summed E-state index contributed by atoms with van der Waals surface area (Å²) >= 11 is 3.38. The van der Waals surface area contributed by atoms with Gasteiger partial charge in [-0.3, -0.25) is 5.41 Å². The molecular formula is C13H11BrN2O. The van der Waals surface area contributed by atoms with E-state index in [0.717, 1.165) is 4.47 Å². The van der Waals surface area contributed by atoms with Gasteiger partial charge >= 0.3 is 0 Å². The lowest BCUT2D eigenvalue weighted by Gasteiger charge is -2.10. The molecule has 86 valence electrons. The lowest BCUT2D eigenvalue weighted by Crippen LogP contribution is -2.12. The Balaban J connectivity index is 2.33. The largest absolute Gasteiger partial charge is 0.457 e. The second kappa shape index (κ2) is 5.01. The predicted octanol–water partition coefficient (Wildman–Crippen LogP) is 3.53. The number of rotatable bonds is 3. The van der Waals surface area contributed by atoms with Gasteiger partial charge < -0.3 is 10.5 Å². The van der Waals surface area contributed by atoms with Gasteiger partial charge in [0.15, 0.2) is 0 Å². The molecule has 0 aliphatic carbocycles. The smallest absolute Gasteiger partial charge is 0.138 e. The highest BCUT2D eigenvalue weighted by Crippen LogP contribution is 2.26. The summed E-state index contributed by atoms with van der Waals surface area (Å²) < 4.78 is 6.64. The molecule has 0 radical (unpaired) electrons. The van der Waals surface area contributed by atoms with Crippen LogP contribution in [0.2, 0.25) is 0 Å². The first-order chi connectivity index (χ1) is 8.16. The van der Waals surface area contributed by atoms with Gasteiger partial charge in [-0.25, -0.2) is 0 Å². The quantitative estimate of drug-likeness (QED) is 0.671. The van der Waals surface area contributed by atoms with Gasteiger partial charge in [-0.15, -0.1) is 0 Å². The van der Waals surface area contributed by atoms with Crippen LogP contribution < -0.4 is 10.5 Å². The van der Waals surface area contributed by atoms with Gasteiger partial charge in [-0.2, -0.15) is 0 Å². The second-order valence-electron chi connectivity index (χ2n) is 3.47. The van der Waals surface area contributed by atoms with Gasteiger partial charge in [-0.05, 0) is 30.3 Å². The van der Waals surface area contributed by atoms with Crippen molar-refractivity contribution in [2.75, 3.05) is 0 Å². The van der Waals surface area contributed by atoms with Crippen LogP contribution in [0, 0.1) is 5.41 Å². The van der Waals surface area contributed by atoms with E-state index >= 15 is 0 Å². The summed E-state index contributed by atoms with van der Waals surface area (Å²) in [6.07, 6.45) is 0. The van der Waals surface area contributed by atoms with Gasteiger partial charge in [-0.1, -0.05) is 34.1 Å². The highest BCUT2D eigenvalue weighted by atomic mass is 79.9. The standard InChI is InChI=1S/C13H11BrN2O/c14-9-4-3-5-10(8-9)17-12-7-2-1-6-11(12)13(15)16/h1-8H,(H3,15,16). The van der Waals surface area contributed by atoms with Crippen LogP contribution in [0.4, 0.5) is 0 Å². The van der Waals surface area contributed by atoms with E-state index in [1.54, 1.807) is 12.1 Å². The summed E-state index contributed by atoms with van der Waals surface area (Å²) in [7, 11) is 0. The Morgan fingerprint density at radius 3 is 2.59 bits per heavy atom. The van der Waals surface area contributed by atoms with Crippen LogP contribution in [0.3, 0.4) is 0 Å². The average Bonchev–Trinajstić information content (AvgIpc) is 2.29. The Labute approximate surface area is 108 Å². The number of halogens is 1. The van der Waals surface area contributed by atoms with Crippen molar-refractivity contribution < 1.29 is 4.74 Å². The predicted molar refractivity (Wildman–Crippen MR) is 71.7 cm³/mol. The van der Waals surface area contributed by atoms with E-state index in [9.17, 15) is 0 Å². The van der Waals surface area contributed by atoms with Crippen molar-refractivity contribution in [2.45, 2.75) is 0 Å². The number of hydrogen-bond acceptors (Lipinski definition) is 2. The Kier molecular flexibility index (Phi) is 3.44. The van der Waals surface area contributed by atoms with Crippen molar-refractivity contribution in [3.05, 3.63) is 58.6 Å². The topological polar surface area (TPSA) is 59.1 Å². The molecule has 0 aromatic heterocycles. The van der Waals surface area contributed by atoms with Gasteiger partial charge in [0.2, 0.25) is 0 Å². The van der Waals surface area contributed by atoms with E-state index in [1.165, 1.54) is 0 Å². The van der Waals surface area contributed by atoms with Crippen molar-refractivity contribution in [1.82, 2.24) is 0 Å². The summed E-state index contributed by atoms with van der Waals surface area (Å²) in [6, 6.07) is 14.7. The maximum absolute atomic E-state index is 7.47. The van der Waals surface area contributed by atoms with E-state index in [0.29, 0.717) is 17.1 Å². The molecule has 0 spiro atoms. The molecule has 0 saturated carbocycles. The van der Waals surface area contributed by atoms with E-state index in [2.05, 4.69) is 15.9 Å². The zero-order chi connectivity index (χ0) is 12.3. The van der Waals surface area contributed by atoms with Gasteiger partial charge in [0.25, 0.3) is 0 Å². The molecular weight excluding hydrogens is 280 g/mol. The fraction of sp³-hybridized carbons (Fsp3) is 0. The number of hydrogen-bond donors (Lipinski definition) is 2. The molecule has 0 fully saturated rings. The molecule has 2 aromatic rings. The molecule has 0 saturated heterocycles. The summed E-state index contributed by atoms with van der Waals surface area (Å²) in [5.41, 5.74) is 6.08. The lowest BCUT2D eigenvalue weighted by molar-refractivity contribution is 0.481. The number of ether oxygens (including phenoxy) is 1. The van der Waals surface area contributed by atoms with E-state index in [-0.39, 0.29) is 5.84 Å². The highest BCUT2D eigenvalue weighted by molar-refractivity contribution is 9.10. The zero-order valence-electron chi connectivity index (χ0n) is 8.98. The SMILES string of the molecule is N=C(N)c1ccccc1Oc1cccc(Br)c1. The molecule has 0 aliphatic rings. The third kappa shape index (κ3) is 2.85. The molecule has 0 aliphatic heterocycles. The van der Waals surface area contributed by atoms with Gasteiger partial charge in [0.05, 0.1) is 5.56 Å². The Morgan fingerprint density at radius 2 is 1.88 bits per heavy atom. The summed E-state index contributed by atoms with van der Waals surface area (Å²) in [5.74, 6) is 1.28. The molecule has 0 atom stereocenters. The Hall–Kier alpha value is -1.81. The van der Waals surface area contributed by atoms with Crippen molar-refractivity contribution >= 4 is 21.8 Å². The molecule has 0 unspecified atom stereocenters. The fourth-order valence-corrected chi connectivity index (χ4v) is 1.81. The van der Waals surface area contributed by atoms with Crippen LogP contribution in [0.5, 0.6) is 11.5 Å². The molecule has 2 aromatic carbocycles. The molecule has 0 heterocycles. The maximum atomic E-state index is 7.47. The van der Waals surface area contributed by atoms with Crippen molar-refractivity contribution in [2.24, 2.45) is 5.73 Å². The first kappa shape index (κ1) is 11.7. The van der Waals surface area contributed by atoms with E-state index in [1.807, 2.05) is 36.4 Å². The number of nitrogen functional groups attached to an aromatic ring is 1. The minimum Gasteiger partial charge on any atom is -0.457 e. The molecule has 0 amide bonds. The molecule has 0 bridgehead atoms. The number of amidine groups is 1. The Morgan fingerprint density at radius 1 is 1.12 bits per heavy atom. The van der Waals surface area contributed by atoms with Crippen LogP contribution >= 0.6 is 15.9 Å². The minimum atomic E-state index is -0.00408. The van der Waals surface area contributed by atoms with Crippen LogP contribution in [0.1, 0.15) is 5.56 Å². The van der Waals surface area contributed by atoms with Crippen molar-refractivity contribution in [1.29, 1.82) is 5.41 Å². The maximum Gasteiger partial charge on any atom is 0.138 e. The molecule has 3 nitrogen and oxygen atoms in total. The minimum absolute atomic E-state index is 0.00408. The second-order valence-corrected chi connectivity index (χ2v) is 4.38. The number of para-hydroxylation sites is 1. The molecule has 17 heavy (non-hydrogen) atoms. The highest BCUT2D eigenvalue weighted by Gasteiger charge is 2.06. The van der Waals surface area contributed by atoms with Crippen LogP contribution in [-0.2, 0) is 0 Å². The van der Waals surface area contributed by atoms with Crippen LogP contribution in [0.25, 0.3) is 0 Å². The summed E-state index contributed by atoms with van der Waals surface area (Å²) in [4.78, 5) is 0. The first-order valence-electron chi connectivity index (χ1n) is 5.03. The fourth-order valence-electron chi connectivity index (χ4n) is 1.44.